The summed E-state index contributed by atoms with van der Waals surface area (Å²) in [6.07, 6.45) is 0. The second-order valence-corrected chi connectivity index (χ2v) is 5.69. The molecule has 1 aliphatic rings. The SMILES string of the molecule is O=C(O)c1ccc(Cl)cc1NC(=O)N1CCSCC1. The lowest BCUT2D eigenvalue weighted by molar-refractivity contribution is 0.0698. The molecule has 0 aromatic heterocycles. The zero-order chi connectivity index (χ0) is 13.8. The van der Waals surface area contributed by atoms with E-state index < -0.39 is 5.97 Å². The largest absolute Gasteiger partial charge is 0.478 e. The topological polar surface area (TPSA) is 69.6 Å². The lowest BCUT2D eigenvalue weighted by Crippen LogP contribution is -2.40. The number of nitrogens with zero attached hydrogens (tertiary/aromatic N) is 1. The van der Waals surface area contributed by atoms with Crippen molar-refractivity contribution < 1.29 is 14.7 Å². The first kappa shape index (κ1) is 14.0. The van der Waals surface area contributed by atoms with Gasteiger partial charge in [-0.2, -0.15) is 11.8 Å². The van der Waals surface area contributed by atoms with E-state index in [1.165, 1.54) is 18.2 Å². The molecule has 2 N–H and O–H groups in total. The number of rotatable bonds is 2. The fraction of sp³-hybridized carbons (Fsp3) is 0.333. The summed E-state index contributed by atoms with van der Waals surface area (Å²) in [5, 5.41) is 12.1. The Hall–Kier alpha value is -1.40. The number of thioether (sulfide) groups is 1. The number of urea groups is 1. The molecule has 19 heavy (non-hydrogen) atoms. The average molecular weight is 301 g/mol. The second kappa shape index (κ2) is 6.16. The van der Waals surface area contributed by atoms with Crippen molar-refractivity contribution in [2.75, 3.05) is 29.9 Å². The maximum Gasteiger partial charge on any atom is 0.337 e. The molecule has 1 aromatic rings. The molecule has 2 rings (SSSR count). The molecule has 0 saturated carbocycles. The van der Waals surface area contributed by atoms with E-state index in [4.69, 9.17) is 16.7 Å². The van der Waals surface area contributed by atoms with Gasteiger partial charge in [0.15, 0.2) is 0 Å². The van der Waals surface area contributed by atoms with Crippen molar-refractivity contribution in [2.45, 2.75) is 0 Å². The van der Waals surface area contributed by atoms with Gasteiger partial charge in [0.1, 0.15) is 0 Å². The van der Waals surface area contributed by atoms with Crippen molar-refractivity contribution in [3.63, 3.8) is 0 Å². The molecule has 0 aliphatic carbocycles. The minimum absolute atomic E-state index is 0.0316. The van der Waals surface area contributed by atoms with E-state index in [1.807, 2.05) is 0 Å². The maximum absolute atomic E-state index is 12.0. The van der Waals surface area contributed by atoms with Gasteiger partial charge < -0.3 is 15.3 Å². The summed E-state index contributed by atoms with van der Waals surface area (Å²) >= 11 is 7.63. The van der Waals surface area contributed by atoms with Gasteiger partial charge in [-0.15, -0.1) is 0 Å². The van der Waals surface area contributed by atoms with E-state index in [1.54, 1.807) is 16.7 Å². The monoisotopic (exact) mass is 300 g/mol. The second-order valence-electron chi connectivity index (χ2n) is 4.02. The molecule has 1 heterocycles. The van der Waals surface area contributed by atoms with E-state index >= 15 is 0 Å². The van der Waals surface area contributed by atoms with Gasteiger partial charge in [-0.05, 0) is 18.2 Å². The Morgan fingerprint density at radius 3 is 2.63 bits per heavy atom. The number of hydrogen-bond donors (Lipinski definition) is 2. The summed E-state index contributed by atoms with van der Waals surface area (Å²) in [5.74, 6) is 0.699. The van der Waals surface area contributed by atoms with Gasteiger partial charge in [-0.25, -0.2) is 9.59 Å². The Labute approximate surface area is 119 Å². The van der Waals surface area contributed by atoms with Crippen LogP contribution in [-0.4, -0.2) is 46.6 Å². The maximum atomic E-state index is 12.0. The van der Waals surface area contributed by atoms with E-state index in [0.29, 0.717) is 18.1 Å². The predicted molar refractivity (Wildman–Crippen MR) is 76.3 cm³/mol. The van der Waals surface area contributed by atoms with Crippen molar-refractivity contribution >= 4 is 41.1 Å². The number of aromatic carboxylic acids is 1. The molecule has 7 heteroatoms. The molecule has 0 spiro atoms. The van der Waals surface area contributed by atoms with Crippen LogP contribution in [0.4, 0.5) is 10.5 Å². The summed E-state index contributed by atoms with van der Waals surface area (Å²) in [6, 6.07) is 4.02. The lowest BCUT2D eigenvalue weighted by Gasteiger charge is -2.26. The Kier molecular flexibility index (Phi) is 4.55. The smallest absolute Gasteiger partial charge is 0.337 e. The minimum atomic E-state index is -1.10. The van der Waals surface area contributed by atoms with Crippen LogP contribution in [0.2, 0.25) is 5.02 Å². The third-order valence-electron chi connectivity index (χ3n) is 2.75. The highest BCUT2D eigenvalue weighted by Gasteiger charge is 2.19. The van der Waals surface area contributed by atoms with Crippen LogP contribution in [-0.2, 0) is 0 Å². The summed E-state index contributed by atoms with van der Waals surface area (Å²) in [5.41, 5.74) is 0.257. The standard InChI is InChI=1S/C12H13ClN2O3S/c13-8-1-2-9(11(16)17)10(7-8)14-12(18)15-3-5-19-6-4-15/h1-2,7H,3-6H2,(H,14,18)(H,16,17). The van der Waals surface area contributed by atoms with Crippen LogP contribution in [0, 0.1) is 0 Å². The highest BCUT2D eigenvalue weighted by Crippen LogP contribution is 2.22. The van der Waals surface area contributed by atoms with Crippen LogP contribution in [0.15, 0.2) is 18.2 Å². The molecule has 1 fully saturated rings. The Balaban J connectivity index is 2.15. The molecule has 0 unspecified atom stereocenters. The molecule has 0 bridgehead atoms. The summed E-state index contributed by atoms with van der Waals surface area (Å²) < 4.78 is 0. The van der Waals surface area contributed by atoms with Crippen LogP contribution in [0.25, 0.3) is 0 Å². The van der Waals surface area contributed by atoms with Crippen LogP contribution in [0.5, 0.6) is 0 Å². The van der Waals surface area contributed by atoms with E-state index in [-0.39, 0.29) is 17.3 Å². The molecule has 0 radical (unpaired) electrons. The molecule has 2 amide bonds. The van der Waals surface area contributed by atoms with Gasteiger partial charge in [0.25, 0.3) is 0 Å². The van der Waals surface area contributed by atoms with Gasteiger partial charge in [-0.1, -0.05) is 11.6 Å². The lowest BCUT2D eigenvalue weighted by atomic mass is 10.2. The number of benzene rings is 1. The van der Waals surface area contributed by atoms with Gasteiger partial charge in [-0.3, -0.25) is 0 Å². The zero-order valence-electron chi connectivity index (χ0n) is 10.1. The zero-order valence-corrected chi connectivity index (χ0v) is 11.6. The third-order valence-corrected chi connectivity index (χ3v) is 3.93. The van der Waals surface area contributed by atoms with Gasteiger partial charge >= 0.3 is 12.0 Å². The van der Waals surface area contributed by atoms with Crippen LogP contribution < -0.4 is 5.32 Å². The van der Waals surface area contributed by atoms with Gasteiger partial charge in [0.05, 0.1) is 11.3 Å². The summed E-state index contributed by atoms with van der Waals surface area (Å²) in [7, 11) is 0. The number of carboxylic acid groups (broad SMARTS) is 1. The number of hydrogen-bond acceptors (Lipinski definition) is 3. The number of halogens is 1. The molecule has 0 atom stereocenters. The molecule has 1 aromatic carbocycles. The average Bonchev–Trinajstić information content (AvgIpc) is 2.39. The minimum Gasteiger partial charge on any atom is -0.478 e. The van der Waals surface area contributed by atoms with Crippen molar-refractivity contribution in [3.05, 3.63) is 28.8 Å². The highest BCUT2D eigenvalue weighted by atomic mass is 35.5. The highest BCUT2D eigenvalue weighted by molar-refractivity contribution is 7.99. The number of anilines is 1. The van der Waals surface area contributed by atoms with Crippen molar-refractivity contribution in [3.8, 4) is 0 Å². The molecular weight excluding hydrogens is 288 g/mol. The van der Waals surface area contributed by atoms with E-state index in [9.17, 15) is 9.59 Å². The summed E-state index contributed by atoms with van der Waals surface area (Å²) in [6.45, 7) is 1.33. The molecule has 1 aliphatic heterocycles. The first-order valence-corrected chi connectivity index (χ1v) is 7.27. The fourth-order valence-electron chi connectivity index (χ4n) is 1.77. The first-order chi connectivity index (χ1) is 9.08. The normalized spacial score (nSPS) is 15.1. The molecule has 5 nitrogen and oxygen atoms in total. The van der Waals surface area contributed by atoms with E-state index in [0.717, 1.165) is 11.5 Å². The molecule has 102 valence electrons. The van der Waals surface area contributed by atoms with Gasteiger partial charge in [0.2, 0.25) is 0 Å². The predicted octanol–water partition coefficient (Wildman–Crippen LogP) is 2.62. The summed E-state index contributed by atoms with van der Waals surface area (Å²) in [4.78, 5) is 24.8. The number of carbonyl (C=O) groups excluding carboxylic acids is 1. The molecular formula is C12H13ClN2O3S. The Morgan fingerprint density at radius 1 is 1.32 bits per heavy atom. The van der Waals surface area contributed by atoms with Crippen molar-refractivity contribution in [2.24, 2.45) is 0 Å². The van der Waals surface area contributed by atoms with Crippen molar-refractivity contribution in [1.82, 2.24) is 4.90 Å². The fourth-order valence-corrected chi connectivity index (χ4v) is 2.84. The quantitative estimate of drug-likeness (QED) is 0.881. The van der Waals surface area contributed by atoms with Crippen molar-refractivity contribution in [1.29, 1.82) is 0 Å². The number of amides is 2. The first-order valence-electron chi connectivity index (χ1n) is 5.74. The number of carboxylic acids is 1. The van der Waals surface area contributed by atoms with E-state index in [2.05, 4.69) is 5.32 Å². The van der Waals surface area contributed by atoms with Crippen LogP contribution in [0.3, 0.4) is 0 Å². The number of nitrogens with one attached hydrogen (secondary N) is 1. The van der Waals surface area contributed by atoms with Crippen LogP contribution >= 0.6 is 23.4 Å². The Bertz CT molecular complexity index is 504. The number of carbonyl (C=O) groups is 2. The molecule has 1 saturated heterocycles. The van der Waals surface area contributed by atoms with Crippen LogP contribution in [0.1, 0.15) is 10.4 Å². The third kappa shape index (κ3) is 3.54. The van der Waals surface area contributed by atoms with Gasteiger partial charge in [0, 0.05) is 29.6 Å². The Morgan fingerprint density at radius 2 is 2.00 bits per heavy atom.